The van der Waals surface area contributed by atoms with Gasteiger partial charge in [-0.15, -0.1) is 0 Å². The SMILES string of the molecule is C=Cc1ccc(C(=O)NC(CCC)C(=O)N2CCC3C2C(=O)CN3S(=O)(=O)C(=O)c2ccccn2)cc1. The number of pyridine rings is 1. The lowest BCUT2D eigenvalue weighted by molar-refractivity contribution is -0.138. The lowest BCUT2D eigenvalue weighted by atomic mass is 10.1. The van der Waals surface area contributed by atoms with Crippen molar-refractivity contribution in [2.45, 2.75) is 44.3 Å². The number of sulfonamides is 1. The van der Waals surface area contributed by atoms with Crippen LogP contribution in [0.1, 0.15) is 52.6 Å². The molecule has 4 rings (SSSR count). The normalized spacial score (nSPS) is 20.4. The van der Waals surface area contributed by atoms with E-state index < -0.39 is 57.4 Å². The van der Waals surface area contributed by atoms with Gasteiger partial charge in [0.2, 0.25) is 5.91 Å². The first-order chi connectivity index (χ1) is 17.7. The van der Waals surface area contributed by atoms with Crippen LogP contribution in [-0.2, 0) is 19.6 Å². The molecule has 0 spiro atoms. The molecule has 194 valence electrons. The van der Waals surface area contributed by atoms with Gasteiger partial charge in [-0.3, -0.25) is 24.2 Å². The van der Waals surface area contributed by atoms with E-state index in [1.807, 2.05) is 6.92 Å². The molecule has 0 bridgehead atoms. The van der Waals surface area contributed by atoms with Gasteiger partial charge in [0.1, 0.15) is 17.8 Å². The number of likely N-dealkylation sites (tertiary alicyclic amines) is 1. The molecule has 2 amide bonds. The Labute approximate surface area is 215 Å². The van der Waals surface area contributed by atoms with Gasteiger partial charge >= 0.3 is 5.12 Å². The largest absolute Gasteiger partial charge is 0.340 e. The number of aromatic nitrogens is 1. The van der Waals surface area contributed by atoms with E-state index in [0.29, 0.717) is 18.4 Å². The highest BCUT2D eigenvalue weighted by Gasteiger charge is 2.55. The van der Waals surface area contributed by atoms with Crippen LogP contribution >= 0.6 is 0 Å². The van der Waals surface area contributed by atoms with Gasteiger partial charge < -0.3 is 10.2 Å². The topological polar surface area (TPSA) is 134 Å². The van der Waals surface area contributed by atoms with Gasteiger partial charge in [0.25, 0.3) is 15.9 Å². The lowest BCUT2D eigenvalue weighted by Crippen LogP contribution is -2.52. The fourth-order valence-corrected chi connectivity index (χ4v) is 6.29. The Kier molecular flexibility index (Phi) is 7.65. The second-order valence-electron chi connectivity index (χ2n) is 8.99. The van der Waals surface area contributed by atoms with Crippen molar-refractivity contribution in [3.63, 3.8) is 0 Å². The minimum atomic E-state index is -4.52. The Bertz CT molecular complexity index is 1330. The number of ketones is 1. The van der Waals surface area contributed by atoms with E-state index in [2.05, 4.69) is 16.9 Å². The van der Waals surface area contributed by atoms with E-state index in [4.69, 9.17) is 0 Å². The van der Waals surface area contributed by atoms with Gasteiger partial charge in [0, 0.05) is 18.3 Å². The summed E-state index contributed by atoms with van der Waals surface area (Å²) in [6.07, 6.45) is 4.11. The van der Waals surface area contributed by atoms with Crippen molar-refractivity contribution >= 4 is 38.8 Å². The van der Waals surface area contributed by atoms with E-state index in [-0.39, 0.29) is 18.7 Å². The highest BCUT2D eigenvalue weighted by Crippen LogP contribution is 2.33. The molecule has 2 saturated heterocycles. The minimum Gasteiger partial charge on any atom is -0.340 e. The van der Waals surface area contributed by atoms with E-state index in [1.165, 1.54) is 23.2 Å². The van der Waals surface area contributed by atoms with Crippen molar-refractivity contribution in [3.05, 3.63) is 72.1 Å². The number of Topliss-reactive ketones (excluding diaryl/α,β-unsaturated/α-hetero) is 1. The van der Waals surface area contributed by atoms with Crippen molar-refractivity contribution in [2.24, 2.45) is 0 Å². The number of rotatable bonds is 8. The first kappa shape index (κ1) is 26.4. The van der Waals surface area contributed by atoms with Crippen LogP contribution in [0.2, 0.25) is 0 Å². The molecular formula is C26H28N4O6S. The van der Waals surface area contributed by atoms with Crippen LogP contribution in [0.4, 0.5) is 0 Å². The average Bonchev–Trinajstić information content (AvgIpc) is 3.49. The Morgan fingerprint density at radius 2 is 1.92 bits per heavy atom. The van der Waals surface area contributed by atoms with Crippen molar-refractivity contribution in [2.75, 3.05) is 13.1 Å². The van der Waals surface area contributed by atoms with Crippen LogP contribution in [0.25, 0.3) is 6.08 Å². The molecular weight excluding hydrogens is 496 g/mol. The number of hydrogen-bond donors (Lipinski definition) is 1. The third kappa shape index (κ3) is 5.09. The summed E-state index contributed by atoms with van der Waals surface area (Å²) in [6, 6.07) is 8.35. The van der Waals surface area contributed by atoms with Gasteiger partial charge in [-0.25, -0.2) is 8.42 Å². The molecule has 1 aromatic carbocycles. The molecule has 3 heterocycles. The van der Waals surface area contributed by atoms with E-state index >= 15 is 0 Å². The van der Waals surface area contributed by atoms with Crippen LogP contribution in [-0.4, -0.2) is 76.5 Å². The molecule has 2 aliphatic rings. The van der Waals surface area contributed by atoms with Crippen molar-refractivity contribution < 1.29 is 27.6 Å². The predicted molar refractivity (Wildman–Crippen MR) is 136 cm³/mol. The highest BCUT2D eigenvalue weighted by molar-refractivity contribution is 8.04. The van der Waals surface area contributed by atoms with Crippen LogP contribution in [0.5, 0.6) is 0 Å². The second-order valence-corrected chi connectivity index (χ2v) is 10.8. The van der Waals surface area contributed by atoms with Crippen molar-refractivity contribution in [1.29, 1.82) is 0 Å². The van der Waals surface area contributed by atoms with Crippen LogP contribution in [0, 0.1) is 0 Å². The molecule has 2 aliphatic heterocycles. The molecule has 3 unspecified atom stereocenters. The first-order valence-corrected chi connectivity index (χ1v) is 13.5. The first-order valence-electron chi connectivity index (χ1n) is 12.0. The number of nitrogens with zero attached hydrogens (tertiary/aromatic N) is 3. The molecule has 37 heavy (non-hydrogen) atoms. The van der Waals surface area contributed by atoms with Crippen LogP contribution in [0.3, 0.4) is 0 Å². The zero-order valence-electron chi connectivity index (χ0n) is 20.4. The number of nitrogens with one attached hydrogen (secondary N) is 1. The standard InChI is InChI=1S/C26H28N4O6S/c1-3-7-19(28-24(32)18-11-9-17(4-2)10-12-18)25(33)29-15-13-21-23(29)22(31)16-30(21)37(35,36)26(34)20-8-5-6-14-27-20/h4-6,8-12,14,19,21,23H,2-3,7,13,15-16H2,1H3,(H,28,32). The predicted octanol–water partition coefficient (Wildman–Crippen LogP) is 1.65. The van der Waals surface area contributed by atoms with Gasteiger partial charge in [-0.1, -0.05) is 44.2 Å². The molecule has 10 nitrogen and oxygen atoms in total. The fourth-order valence-electron chi connectivity index (χ4n) is 4.82. The summed E-state index contributed by atoms with van der Waals surface area (Å²) in [6.45, 7) is 5.19. The molecule has 11 heteroatoms. The monoisotopic (exact) mass is 524 g/mol. The number of fused-ring (bicyclic) bond motifs is 1. The minimum absolute atomic E-state index is 0.133. The summed E-state index contributed by atoms with van der Waals surface area (Å²) >= 11 is 0. The smallest absolute Gasteiger partial charge is 0.310 e. The number of hydrogen-bond acceptors (Lipinski definition) is 7. The van der Waals surface area contributed by atoms with E-state index in [1.54, 1.807) is 36.4 Å². The molecule has 0 aliphatic carbocycles. The zero-order chi connectivity index (χ0) is 26.7. The fraction of sp³-hybridized carbons (Fsp3) is 0.346. The highest BCUT2D eigenvalue weighted by atomic mass is 32.2. The molecule has 2 aromatic rings. The number of amides is 2. The van der Waals surface area contributed by atoms with Crippen molar-refractivity contribution in [3.8, 4) is 0 Å². The Hall–Kier alpha value is -3.70. The van der Waals surface area contributed by atoms with E-state index in [9.17, 15) is 27.6 Å². The number of carbonyl (C=O) groups is 4. The number of carbonyl (C=O) groups excluding carboxylic acids is 4. The summed E-state index contributed by atoms with van der Waals surface area (Å²) in [7, 11) is -4.52. The molecule has 0 radical (unpaired) electrons. The maximum Gasteiger partial charge on any atom is 0.310 e. The Morgan fingerprint density at radius 1 is 1.19 bits per heavy atom. The summed E-state index contributed by atoms with van der Waals surface area (Å²) in [5.74, 6) is -1.34. The summed E-state index contributed by atoms with van der Waals surface area (Å²) in [5, 5.41) is 1.57. The van der Waals surface area contributed by atoms with Gasteiger partial charge in [0.15, 0.2) is 5.78 Å². The molecule has 1 N–H and O–H groups in total. The second kappa shape index (κ2) is 10.7. The maximum atomic E-state index is 13.5. The lowest BCUT2D eigenvalue weighted by Gasteiger charge is -2.28. The Balaban J connectivity index is 1.51. The molecule has 0 saturated carbocycles. The Morgan fingerprint density at radius 3 is 2.54 bits per heavy atom. The summed E-state index contributed by atoms with van der Waals surface area (Å²) < 4.78 is 27.1. The number of benzene rings is 1. The van der Waals surface area contributed by atoms with Crippen LogP contribution < -0.4 is 5.32 Å². The quantitative estimate of drug-likeness (QED) is 0.555. The third-order valence-electron chi connectivity index (χ3n) is 6.67. The van der Waals surface area contributed by atoms with Gasteiger partial charge in [-0.2, -0.15) is 4.31 Å². The zero-order valence-corrected chi connectivity index (χ0v) is 21.2. The molecule has 1 aromatic heterocycles. The van der Waals surface area contributed by atoms with Crippen molar-refractivity contribution in [1.82, 2.24) is 19.5 Å². The average molecular weight is 525 g/mol. The summed E-state index contributed by atoms with van der Waals surface area (Å²) in [4.78, 5) is 57.2. The summed E-state index contributed by atoms with van der Waals surface area (Å²) in [5.41, 5.74) is 0.985. The third-order valence-corrected chi connectivity index (χ3v) is 8.36. The van der Waals surface area contributed by atoms with Gasteiger partial charge in [-0.05, 0) is 42.7 Å². The van der Waals surface area contributed by atoms with Crippen LogP contribution in [0.15, 0.2) is 55.2 Å². The molecule has 3 atom stereocenters. The molecule has 2 fully saturated rings. The maximum absolute atomic E-state index is 13.5. The van der Waals surface area contributed by atoms with E-state index in [0.717, 1.165) is 9.87 Å². The van der Waals surface area contributed by atoms with Gasteiger partial charge in [0.05, 0.1) is 12.6 Å².